The van der Waals surface area contributed by atoms with Crippen LogP contribution in [-0.2, 0) is 27.3 Å². The molecule has 1 N–H and O–H groups in total. The smallest absolute Gasteiger partial charge is 0.228 e. The number of fused-ring (bicyclic) bond motifs is 1. The van der Waals surface area contributed by atoms with Crippen molar-refractivity contribution >= 4 is 28.2 Å². The van der Waals surface area contributed by atoms with Gasteiger partial charge in [0.2, 0.25) is 11.8 Å². The van der Waals surface area contributed by atoms with Crippen LogP contribution in [-0.4, -0.2) is 44.1 Å². The summed E-state index contributed by atoms with van der Waals surface area (Å²) in [5.41, 5.74) is 2.59. The number of anilines is 1. The van der Waals surface area contributed by atoms with Crippen LogP contribution in [0.5, 0.6) is 5.75 Å². The summed E-state index contributed by atoms with van der Waals surface area (Å²) in [7, 11) is 3.21. The first-order valence-electron chi connectivity index (χ1n) is 10.3. The Morgan fingerprint density at radius 3 is 2.94 bits per heavy atom. The van der Waals surface area contributed by atoms with Crippen LogP contribution in [0.1, 0.15) is 40.3 Å². The normalized spacial score (nSPS) is 19.3. The third-order valence-corrected chi connectivity index (χ3v) is 7.06. The summed E-state index contributed by atoms with van der Waals surface area (Å²) in [6, 6.07) is 10.1. The highest BCUT2D eigenvalue weighted by molar-refractivity contribution is 7.16. The number of nitrogens with zero attached hydrogens (tertiary/aromatic N) is 2. The van der Waals surface area contributed by atoms with E-state index >= 15 is 0 Å². The van der Waals surface area contributed by atoms with E-state index < -0.39 is 0 Å². The molecule has 2 aromatic rings. The highest BCUT2D eigenvalue weighted by atomic mass is 32.1. The van der Waals surface area contributed by atoms with Gasteiger partial charge in [-0.2, -0.15) is 5.26 Å². The molecule has 2 amide bonds. The number of nitrogens with one attached hydrogen (secondary N) is 1. The molecule has 0 saturated heterocycles. The van der Waals surface area contributed by atoms with Gasteiger partial charge in [-0.05, 0) is 42.0 Å². The topological polar surface area (TPSA) is 91.7 Å². The number of amides is 2. The van der Waals surface area contributed by atoms with Crippen molar-refractivity contribution in [2.45, 2.75) is 31.7 Å². The lowest BCUT2D eigenvalue weighted by molar-refractivity contribution is -0.133. The summed E-state index contributed by atoms with van der Waals surface area (Å²) in [6.45, 7) is 1.45. The number of thiophene rings is 1. The number of hydrogen-bond donors (Lipinski definition) is 1. The maximum absolute atomic E-state index is 12.9. The van der Waals surface area contributed by atoms with E-state index in [0.717, 1.165) is 28.2 Å². The second-order valence-electron chi connectivity index (χ2n) is 7.84. The fourth-order valence-electron chi connectivity index (χ4n) is 4.10. The fraction of sp³-hybridized carbons (Fsp3) is 0.435. The van der Waals surface area contributed by atoms with Crippen LogP contribution in [0.4, 0.5) is 5.00 Å². The first kappa shape index (κ1) is 21.3. The average Bonchev–Trinajstić information content (AvgIpc) is 3.53. The van der Waals surface area contributed by atoms with E-state index in [1.54, 1.807) is 19.1 Å². The quantitative estimate of drug-likeness (QED) is 0.715. The lowest BCUT2D eigenvalue weighted by Crippen LogP contribution is -2.35. The van der Waals surface area contributed by atoms with Crippen LogP contribution in [0.2, 0.25) is 0 Å². The van der Waals surface area contributed by atoms with Gasteiger partial charge in [-0.25, -0.2) is 0 Å². The summed E-state index contributed by atoms with van der Waals surface area (Å²) >= 11 is 1.41. The summed E-state index contributed by atoms with van der Waals surface area (Å²) in [5.74, 6) is 0.833. The maximum atomic E-state index is 12.9. The molecule has 2 atom stereocenters. The monoisotopic (exact) mass is 439 g/mol. The highest BCUT2D eigenvalue weighted by Gasteiger charge is 2.44. The number of methoxy groups -OCH3 is 2. The zero-order valence-electron chi connectivity index (χ0n) is 17.6. The van der Waals surface area contributed by atoms with E-state index in [1.165, 1.54) is 11.3 Å². The molecule has 1 aliphatic heterocycles. The third-order valence-electron chi connectivity index (χ3n) is 5.93. The van der Waals surface area contributed by atoms with Gasteiger partial charge in [0, 0.05) is 24.4 Å². The molecule has 1 saturated carbocycles. The van der Waals surface area contributed by atoms with E-state index in [4.69, 9.17) is 9.47 Å². The standard InChI is InChI=1S/C23H25N3O4S/c1-29-9-7-21(27)26-8-6-16-19(12-24)23(31-20(16)13-26)25-22(28)18-11-17(18)14-4-3-5-15(10-14)30-2/h3-5,10,17-18H,6-9,11,13H2,1-2H3,(H,25,28). The Morgan fingerprint density at radius 2 is 2.19 bits per heavy atom. The molecule has 1 aliphatic carbocycles. The molecule has 2 unspecified atom stereocenters. The van der Waals surface area contributed by atoms with Crippen LogP contribution in [0.3, 0.4) is 0 Å². The van der Waals surface area contributed by atoms with Gasteiger partial charge in [-0.3, -0.25) is 9.59 Å². The number of rotatable bonds is 7. The van der Waals surface area contributed by atoms with Gasteiger partial charge in [0.25, 0.3) is 0 Å². The molecule has 2 heterocycles. The van der Waals surface area contributed by atoms with Crippen molar-refractivity contribution in [2.75, 3.05) is 32.7 Å². The molecule has 4 rings (SSSR count). The second kappa shape index (κ2) is 9.08. The molecular formula is C23H25N3O4S. The van der Waals surface area contributed by atoms with E-state index in [9.17, 15) is 14.9 Å². The van der Waals surface area contributed by atoms with Gasteiger partial charge in [0.15, 0.2) is 0 Å². The Balaban J connectivity index is 1.44. The van der Waals surface area contributed by atoms with E-state index in [0.29, 0.717) is 43.1 Å². The average molecular weight is 440 g/mol. The molecule has 162 valence electrons. The zero-order chi connectivity index (χ0) is 22.0. The Labute approximate surface area is 185 Å². The zero-order valence-corrected chi connectivity index (χ0v) is 18.5. The Bertz CT molecular complexity index is 1040. The molecule has 2 aliphatic rings. The molecule has 1 aromatic carbocycles. The van der Waals surface area contributed by atoms with Crippen LogP contribution < -0.4 is 10.1 Å². The van der Waals surface area contributed by atoms with Crippen molar-refractivity contribution in [3.05, 3.63) is 45.8 Å². The van der Waals surface area contributed by atoms with E-state index in [1.807, 2.05) is 24.3 Å². The van der Waals surface area contributed by atoms with Crippen LogP contribution >= 0.6 is 11.3 Å². The molecule has 1 aromatic heterocycles. The minimum atomic E-state index is -0.107. The summed E-state index contributed by atoms with van der Waals surface area (Å²) < 4.78 is 10.3. The lowest BCUT2D eigenvalue weighted by Gasteiger charge is -2.27. The Kier molecular flexibility index (Phi) is 6.25. The minimum absolute atomic E-state index is 0.0455. The van der Waals surface area contributed by atoms with Crippen molar-refractivity contribution < 1.29 is 19.1 Å². The minimum Gasteiger partial charge on any atom is -0.497 e. The molecule has 7 nitrogen and oxygen atoms in total. The fourth-order valence-corrected chi connectivity index (χ4v) is 5.32. The summed E-state index contributed by atoms with van der Waals surface area (Å²) in [5, 5.41) is 13.3. The van der Waals surface area contributed by atoms with Gasteiger partial charge in [0.1, 0.15) is 16.8 Å². The van der Waals surface area contributed by atoms with Crippen molar-refractivity contribution in [3.8, 4) is 11.8 Å². The van der Waals surface area contributed by atoms with Crippen molar-refractivity contribution in [1.82, 2.24) is 4.90 Å². The summed E-state index contributed by atoms with van der Waals surface area (Å²) in [6.07, 6.45) is 1.76. The number of ether oxygens (including phenoxy) is 2. The maximum Gasteiger partial charge on any atom is 0.228 e. The number of nitriles is 1. The number of carbonyl (C=O) groups is 2. The van der Waals surface area contributed by atoms with Crippen LogP contribution in [0, 0.1) is 17.2 Å². The molecule has 0 bridgehead atoms. The largest absolute Gasteiger partial charge is 0.497 e. The van der Waals surface area contributed by atoms with E-state index in [2.05, 4.69) is 11.4 Å². The predicted octanol–water partition coefficient (Wildman–Crippen LogP) is 3.29. The first-order valence-corrected chi connectivity index (χ1v) is 11.1. The van der Waals surface area contributed by atoms with Crippen LogP contribution in [0.25, 0.3) is 0 Å². The van der Waals surface area contributed by atoms with Gasteiger partial charge in [0.05, 0.1) is 32.2 Å². The SMILES string of the molecule is COCCC(=O)N1CCc2c(sc(NC(=O)C3CC3c3cccc(OC)c3)c2C#N)C1. The molecule has 1 fully saturated rings. The Hall–Kier alpha value is -2.89. The van der Waals surface area contributed by atoms with Gasteiger partial charge in [-0.1, -0.05) is 12.1 Å². The van der Waals surface area contributed by atoms with E-state index in [-0.39, 0.29) is 23.7 Å². The van der Waals surface area contributed by atoms with Crippen LogP contribution in [0.15, 0.2) is 24.3 Å². The second-order valence-corrected chi connectivity index (χ2v) is 8.95. The third kappa shape index (κ3) is 4.43. The van der Waals surface area contributed by atoms with Gasteiger partial charge < -0.3 is 19.7 Å². The molecule has 31 heavy (non-hydrogen) atoms. The van der Waals surface area contributed by atoms with Crippen molar-refractivity contribution in [3.63, 3.8) is 0 Å². The lowest BCUT2D eigenvalue weighted by atomic mass is 10.0. The van der Waals surface area contributed by atoms with Gasteiger partial charge in [-0.15, -0.1) is 11.3 Å². The summed E-state index contributed by atoms with van der Waals surface area (Å²) in [4.78, 5) is 28.0. The Morgan fingerprint density at radius 1 is 1.35 bits per heavy atom. The first-order chi connectivity index (χ1) is 15.0. The van der Waals surface area contributed by atoms with Crippen molar-refractivity contribution in [1.29, 1.82) is 5.26 Å². The molecular weight excluding hydrogens is 414 g/mol. The molecule has 0 spiro atoms. The highest BCUT2D eigenvalue weighted by Crippen LogP contribution is 2.49. The number of carbonyl (C=O) groups excluding carboxylic acids is 2. The number of benzene rings is 1. The molecule has 0 radical (unpaired) electrons. The number of hydrogen-bond acceptors (Lipinski definition) is 6. The van der Waals surface area contributed by atoms with Crippen molar-refractivity contribution in [2.24, 2.45) is 5.92 Å². The van der Waals surface area contributed by atoms with Gasteiger partial charge >= 0.3 is 0 Å². The molecule has 8 heteroatoms. The predicted molar refractivity (Wildman–Crippen MR) is 117 cm³/mol.